The first-order valence-electron chi connectivity index (χ1n) is 8.54. The number of rotatable bonds is 5. The maximum Gasteiger partial charge on any atom is 4.00 e. The maximum atomic E-state index is 2.40. The molecule has 4 heteroatoms. The second-order valence-corrected chi connectivity index (χ2v) is 6.60. The van der Waals surface area contributed by atoms with Crippen LogP contribution in [0.1, 0.15) is 55.4 Å². The summed E-state index contributed by atoms with van der Waals surface area (Å²) in [6, 6.07) is 28.7. The molecule has 0 saturated carbocycles. The van der Waals surface area contributed by atoms with Crippen LogP contribution < -0.4 is 37.2 Å². The number of benzene rings is 2. The molecular formula is C23H25Cl3Ti. The Balaban J connectivity index is 0. The maximum absolute atomic E-state index is 2.40. The Bertz CT molecular complexity index is 714. The van der Waals surface area contributed by atoms with Crippen LogP contribution in [0.15, 0.2) is 78.9 Å². The Morgan fingerprint density at radius 1 is 0.815 bits per heavy atom. The van der Waals surface area contributed by atoms with Gasteiger partial charge in [0.1, 0.15) is 0 Å². The minimum Gasteiger partial charge on any atom is -1.00 e. The van der Waals surface area contributed by atoms with Gasteiger partial charge in [-0.15, -0.1) is 5.56 Å². The van der Waals surface area contributed by atoms with Gasteiger partial charge in [0.25, 0.3) is 0 Å². The van der Waals surface area contributed by atoms with E-state index in [1.165, 1.54) is 28.7 Å². The molecule has 0 radical (unpaired) electrons. The van der Waals surface area contributed by atoms with Gasteiger partial charge in [0.15, 0.2) is 0 Å². The molecule has 0 aliphatic rings. The third-order valence-corrected chi connectivity index (χ3v) is 5.24. The van der Waals surface area contributed by atoms with E-state index < -0.39 is 0 Å². The molecule has 0 aliphatic carbocycles. The van der Waals surface area contributed by atoms with Crippen molar-refractivity contribution in [2.75, 3.05) is 0 Å². The van der Waals surface area contributed by atoms with Crippen LogP contribution in [0.25, 0.3) is 0 Å². The number of hydrogen-bond donors (Lipinski definition) is 0. The molecule has 0 nitrogen and oxygen atoms in total. The Hall–Kier alpha value is -0.626. The summed E-state index contributed by atoms with van der Waals surface area (Å²) in [6.07, 6.45) is 1.18. The number of halogens is 3. The topological polar surface area (TPSA) is 0 Å². The molecule has 0 aliphatic heterocycles. The van der Waals surface area contributed by atoms with Crippen molar-refractivity contribution in [1.29, 1.82) is 0 Å². The zero-order valence-electron chi connectivity index (χ0n) is 15.9. The van der Waals surface area contributed by atoms with Crippen molar-refractivity contribution in [2.45, 2.75) is 38.5 Å². The summed E-state index contributed by atoms with van der Waals surface area (Å²) in [6.45, 7) is 6.90. The molecule has 0 fully saturated rings. The average molecular weight is 456 g/mol. The second kappa shape index (κ2) is 12.8. The Morgan fingerprint density at radius 3 is 1.67 bits per heavy atom. The summed E-state index contributed by atoms with van der Waals surface area (Å²) < 4.78 is 0. The van der Waals surface area contributed by atoms with Gasteiger partial charge in [-0.1, -0.05) is 93.8 Å². The Labute approximate surface area is 197 Å². The van der Waals surface area contributed by atoms with E-state index >= 15 is 0 Å². The van der Waals surface area contributed by atoms with Crippen molar-refractivity contribution in [3.05, 3.63) is 101 Å². The molecule has 3 aromatic rings. The van der Waals surface area contributed by atoms with Gasteiger partial charge in [0, 0.05) is 0 Å². The third kappa shape index (κ3) is 5.92. The summed E-state index contributed by atoms with van der Waals surface area (Å²) in [5.74, 6) is 0.611. The van der Waals surface area contributed by atoms with E-state index in [1.807, 2.05) is 0 Å². The van der Waals surface area contributed by atoms with E-state index in [9.17, 15) is 0 Å². The minimum absolute atomic E-state index is 0. The zero-order valence-corrected chi connectivity index (χ0v) is 19.8. The van der Waals surface area contributed by atoms with Crippen molar-refractivity contribution in [2.24, 2.45) is 0 Å². The summed E-state index contributed by atoms with van der Waals surface area (Å²) in [5, 5.41) is 0. The molecule has 1 unspecified atom stereocenters. The van der Waals surface area contributed by atoms with Crippen molar-refractivity contribution in [3.8, 4) is 0 Å². The summed E-state index contributed by atoms with van der Waals surface area (Å²) in [5.41, 5.74) is 5.39. The van der Waals surface area contributed by atoms with Crippen LogP contribution in [-0.2, 0) is 27.1 Å². The Kier molecular flexibility index (Phi) is 13.5. The van der Waals surface area contributed by atoms with E-state index in [4.69, 9.17) is 0 Å². The summed E-state index contributed by atoms with van der Waals surface area (Å²) in [4.78, 5) is 0. The van der Waals surface area contributed by atoms with Gasteiger partial charge >= 0.3 is 21.7 Å². The molecule has 27 heavy (non-hydrogen) atoms. The van der Waals surface area contributed by atoms with Crippen LogP contribution >= 0.6 is 0 Å². The first-order valence-corrected chi connectivity index (χ1v) is 8.54. The molecule has 3 aromatic carbocycles. The molecule has 1 atom stereocenters. The van der Waals surface area contributed by atoms with Gasteiger partial charge in [-0.25, -0.2) is 6.07 Å². The fourth-order valence-electron chi connectivity index (χ4n) is 3.36. The van der Waals surface area contributed by atoms with Gasteiger partial charge in [0.2, 0.25) is 0 Å². The molecule has 3 rings (SSSR count). The van der Waals surface area contributed by atoms with Crippen molar-refractivity contribution >= 4 is 0 Å². The van der Waals surface area contributed by atoms with Gasteiger partial charge < -0.3 is 37.2 Å². The van der Waals surface area contributed by atoms with Crippen LogP contribution in [0.5, 0.6) is 0 Å². The average Bonchev–Trinajstić information content (AvgIpc) is 3.12. The predicted molar refractivity (Wildman–Crippen MR) is 99.2 cm³/mol. The molecule has 0 N–H and O–H groups in total. The van der Waals surface area contributed by atoms with Crippen LogP contribution in [-0.4, -0.2) is 0 Å². The normalized spacial score (nSPS) is 11.1. The molecule has 0 amide bonds. The smallest absolute Gasteiger partial charge is 1.00 e. The van der Waals surface area contributed by atoms with Gasteiger partial charge in [-0.3, -0.25) is 0 Å². The molecule has 0 bridgehead atoms. The monoisotopic (exact) mass is 454 g/mol. The summed E-state index contributed by atoms with van der Waals surface area (Å²) >= 11 is 0. The Morgan fingerprint density at radius 2 is 1.26 bits per heavy atom. The van der Waals surface area contributed by atoms with Crippen LogP contribution in [0.3, 0.4) is 0 Å². The van der Waals surface area contributed by atoms with Gasteiger partial charge in [-0.05, 0) is 16.5 Å². The largest absolute Gasteiger partial charge is 4.00 e. The van der Waals surface area contributed by atoms with E-state index in [1.54, 1.807) is 0 Å². The molecule has 0 heterocycles. The molecule has 0 spiro atoms. The van der Waals surface area contributed by atoms with E-state index in [-0.39, 0.29) is 64.4 Å². The van der Waals surface area contributed by atoms with Crippen LogP contribution in [0, 0.1) is 0 Å². The standard InChI is InChI=1S/C23H25.3ClH.Ti/c1-4-18(2)19-15-16-22(17-19)23(3,20-11-7-5-8-12-20)21-13-9-6-10-14-21;;;;/h5-18H,4H2,1-3H3;3*1H;/q-1;;;;+4/p-3. The molecular weight excluding hydrogens is 430 g/mol. The fourth-order valence-corrected chi connectivity index (χ4v) is 3.36. The second-order valence-electron chi connectivity index (χ2n) is 6.60. The SMILES string of the molecule is CCC(C)c1cc[c-](C(C)(c2ccccc2)c2ccccc2)c1.[Cl-].[Cl-].[Cl-].[Ti+4]. The first-order chi connectivity index (χ1) is 11.2. The van der Waals surface area contributed by atoms with Crippen LogP contribution in [0.2, 0.25) is 0 Å². The zero-order chi connectivity index (χ0) is 16.3. The van der Waals surface area contributed by atoms with Crippen molar-refractivity contribution in [3.63, 3.8) is 0 Å². The van der Waals surface area contributed by atoms with Gasteiger partial charge in [-0.2, -0.15) is 17.7 Å². The van der Waals surface area contributed by atoms with Gasteiger partial charge in [0.05, 0.1) is 0 Å². The van der Waals surface area contributed by atoms with E-state index in [2.05, 4.69) is 99.6 Å². The van der Waals surface area contributed by atoms with Crippen LogP contribution in [0.4, 0.5) is 0 Å². The van der Waals surface area contributed by atoms with Crippen molar-refractivity contribution in [1.82, 2.24) is 0 Å². The molecule has 0 aromatic heterocycles. The third-order valence-electron chi connectivity index (χ3n) is 5.24. The molecule has 142 valence electrons. The molecule has 0 saturated heterocycles. The first kappa shape index (κ1) is 28.6. The summed E-state index contributed by atoms with van der Waals surface area (Å²) in [7, 11) is 0. The van der Waals surface area contributed by atoms with E-state index in [0.29, 0.717) is 5.92 Å². The quantitative estimate of drug-likeness (QED) is 0.290. The predicted octanol–water partition coefficient (Wildman–Crippen LogP) is -2.72. The van der Waals surface area contributed by atoms with E-state index in [0.717, 1.165) is 0 Å². The minimum atomic E-state index is -0.117. The number of hydrogen-bond acceptors (Lipinski definition) is 0. The van der Waals surface area contributed by atoms with Crippen molar-refractivity contribution < 1.29 is 58.9 Å². The fraction of sp³-hybridized carbons (Fsp3) is 0.261.